The van der Waals surface area contributed by atoms with Crippen LogP contribution in [0, 0.1) is 17.8 Å². The number of nitrogens with zero attached hydrogens (tertiary/aromatic N) is 1. The molecule has 2 aromatic rings. The molecule has 1 aliphatic carbocycles. The van der Waals surface area contributed by atoms with Gasteiger partial charge < -0.3 is 5.32 Å². The van der Waals surface area contributed by atoms with Gasteiger partial charge in [0, 0.05) is 11.6 Å². The van der Waals surface area contributed by atoms with Crippen LogP contribution >= 0.6 is 0 Å². The molecule has 1 aromatic heterocycles. The molecule has 0 amide bonds. The summed E-state index contributed by atoms with van der Waals surface area (Å²) in [6.45, 7) is 3.56. The van der Waals surface area contributed by atoms with E-state index in [1.165, 1.54) is 36.6 Å². The Morgan fingerprint density at radius 3 is 2.86 bits per heavy atom. The third kappa shape index (κ3) is 3.26. The molecule has 21 heavy (non-hydrogen) atoms. The lowest BCUT2D eigenvalue weighted by molar-refractivity contribution is 0.186. The average molecular weight is 282 g/mol. The third-order valence-corrected chi connectivity index (χ3v) is 5.09. The van der Waals surface area contributed by atoms with E-state index >= 15 is 0 Å². The van der Waals surface area contributed by atoms with Gasteiger partial charge in [0.15, 0.2) is 0 Å². The summed E-state index contributed by atoms with van der Waals surface area (Å²) in [5.41, 5.74) is 2.60. The van der Waals surface area contributed by atoms with Crippen LogP contribution in [0.15, 0.2) is 36.5 Å². The first-order chi connectivity index (χ1) is 10.3. The van der Waals surface area contributed by atoms with Crippen LogP contribution in [0.25, 0.3) is 10.9 Å². The molecule has 1 aliphatic rings. The van der Waals surface area contributed by atoms with Crippen molar-refractivity contribution >= 4 is 10.9 Å². The minimum absolute atomic E-state index is 0.798. The van der Waals surface area contributed by atoms with Crippen LogP contribution in [0.4, 0.5) is 0 Å². The Bertz CT molecular complexity index is 588. The molecule has 1 N–H and O–H groups in total. The van der Waals surface area contributed by atoms with Crippen LogP contribution in [0.5, 0.6) is 0 Å². The minimum atomic E-state index is 0.798. The molecule has 2 heteroatoms. The molecule has 112 valence electrons. The van der Waals surface area contributed by atoms with Gasteiger partial charge in [0.25, 0.3) is 0 Å². The quantitative estimate of drug-likeness (QED) is 0.915. The van der Waals surface area contributed by atoms with E-state index in [0.29, 0.717) is 0 Å². The zero-order chi connectivity index (χ0) is 14.7. The fourth-order valence-electron chi connectivity index (χ4n) is 3.96. The fourth-order valence-corrected chi connectivity index (χ4v) is 3.96. The van der Waals surface area contributed by atoms with Crippen LogP contribution in [-0.4, -0.2) is 18.6 Å². The molecule has 3 atom stereocenters. The molecule has 2 nitrogen and oxygen atoms in total. The second kappa shape index (κ2) is 6.57. The highest BCUT2D eigenvalue weighted by atomic mass is 14.8. The summed E-state index contributed by atoms with van der Waals surface area (Å²) < 4.78 is 0. The molecule has 0 saturated heterocycles. The number of benzene rings is 1. The maximum absolute atomic E-state index is 4.49. The van der Waals surface area contributed by atoms with Crippen LogP contribution in [-0.2, 0) is 6.42 Å². The Morgan fingerprint density at radius 2 is 2.00 bits per heavy atom. The maximum Gasteiger partial charge on any atom is 0.0704 e. The number of hydrogen-bond donors (Lipinski definition) is 1. The van der Waals surface area contributed by atoms with Crippen LogP contribution in [0.3, 0.4) is 0 Å². The Kier molecular flexibility index (Phi) is 4.54. The van der Waals surface area contributed by atoms with Gasteiger partial charge in [0.05, 0.1) is 5.52 Å². The van der Waals surface area contributed by atoms with Gasteiger partial charge in [-0.1, -0.05) is 31.5 Å². The SMILES string of the molecule is CNCC1CCC(C)CC1Cc1ccnc2ccccc12. The molecule has 0 spiro atoms. The number of pyridine rings is 1. The van der Waals surface area contributed by atoms with Gasteiger partial charge in [-0.3, -0.25) is 4.98 Å². The highest BCUT2D eigenvalue weighted by Crippen LogP contribution is 2.36. The van der Waals surface area contributed by atoms with Crippen molar-refractivity contribution in [1.29, 1.82) is 0 Å². The Hall–Kier alpha value is -1.41. The second-order valence-corrected chi connectivity index (χ2v) is 6.69. The van der Waals surface area contributed by atoms with Gasteiger partial charge in [-0.25, -0.2) is 0 Å². The number of hydrogen-bond acceptors (Lipinski definition) is 2. The third-order valence-electron chi connectivity index (χ3n) is 5.09. The van der Waals surface area contributed by atoms with E-state index in [2.05, 4.69) is 54.6 Å². The van der Waals surface area contributed by atoms with Crippen molar-refractivity contribution in [3.05, 3.63) is 42.1 Å². The Morgan fingerprint density at radius 1 is 1.14 bits per heavy atom. The summed E-state index contributed by atoms with van der Waals surface area (Å²) in [6.07, 6.45) is 7.29. The van der Waals surface area contributed by atoms with E-state index in [-0.39, 0.29) is 0 Å². The van der Waals surface area contributed by atoms with Gasteiger partial charge >= 0.3 is 0 Å². The van der Waals surface area contributed by atoms with Crippen molar-refractivity contribution in [2.24, 2.45) is 17.8 Å². The number of nitrogens with one attached hydrogen (secondary N) is 1. The molecule has 3 rings (SSSR count). The number of aromatic nitrogens is 1. The summed E-state index contributed by atoms with van der Waals surface area (Å²) in [7, 11) is 2.08. The van der Waals surface area contributed by atoms with Gasteiger partial charge in [0.2, 0.25) is 0 Å². The van der Waals surface area contributed by atoms with E-state index in [4.69, 9.17) is 0 Å². The zero-order valence-corrected chi connectivity index (χ0v) is 13.2. The zero-order valence-electron chi connectivity index (χ0n) is 13.2. The van der Waals surface area contributed by atoms with E-state index in [0.717, 1.165) is 29.8 Å². The minimum Gasteiger partial charge on any atom is -0.319 e. The molecule has 1 saturated carbocycles. The summed E-state index contributed by atoms with van der Waals surface area (Å²) in [5, 5.41) is 4.73. The first kappa shape index (κ1) is 14.5. The molecule has 0 radical (unpaired) electrons. The predicted octanol–water partition coefficient (Wildman–Crippen LogP) is 4.05. The molecule has 1 heterocycles. The van der Waals surface area contributed by atoms with Crippen LogP contribution in [0.2, 0.25) is 0 Å². The van der Waals surface area contributed by atoms with Gasteiger partial charge in [-0.15, -0.1) is 0 Å². The second-order valence-electron chi connectivity index (χ2n) is 6.69. The number of para-hydroxylation sites is 1. The average Bonchev–Trinajstić information content (AvgIpc) is 2.50. The topological polar surface area (TPSA) is 24.9 Å². The molecular formula is C19H26N2. The highest BCUT2D eigenvalue weighted by molar-refractivity contribution is 5.81. The maximum atomic E-state index is 4.49. The van der Waals surface area contributed by atoms with Crippen molar-refractivity contribution in [3.63, 3.8) is 0 Å². The predicted molar refractivity (Wildman–Crippen MR) is 89.4 cm³/mol. The van der Waals surface area contributed by atoms with Crippen molar-refractivity contribution in [1.82, 2.24) is 10.3 Å². The Labute approximate surface area is 128 Å². The number of rotatable bonds is 4. The van der Waals surface area contributed by atoms with Crippen molar-refractivity contribution < 1.29 is 0 Å². The lowest BCUT2D eigenvalue weighted by Crippen LogP contribution is -2.32. The molecule has 0 aliphatic heterocycles. The van der Waals surface area contributed by atoms with Crippen molar-refractivity contribution in [3.8, 4) is 0 Å². The summed E-state index contributed by atoms with van der Waals surface area (Å²) in [4.78, 5) is 4.49. The molecule has 1 fully saturated rings. The van der Waals surface area contributed by atoms with Crippen molar-refractivity contribution in [2.45, 2.75) is 32.6 Å². The lowest BCUT2D eigenvalue weighted by Gasteiger charge is -2.35. The monoisotopic (exact) mass is 282 g/mol. The normalized spacial score (nSPS) is 26.1. The van der Waals surface area contributed by atoms with Gasteiger partial charge in [-0.2, -0.15) is 0 Å². The van der Waals surface area contributed by atoms with Gasteiger partial charge in [-0.05, 0) is 68.3 Å². The fraction of sp³-hybridized carbons (Fsp3) is 0.526. The lowest BCUT2D eigenvalue weighted by atomic mass is 9.72. The Balaban J connectivity index is 1.85. The van der Waals surface area contributed by atoms with Crippen LogP contribution < -0.4 is 5.32 Å². The smallest absolute Gasteiger partial charge is 0.0704 e. The molecule has 1 aromatic carbocycles. The summed E-state index contributed by atoms with van der Waals surface area (Å²) in [6, 6.07) is 10.8. The van der Waals surface area contributed by atoms with Crippen LogP contribution in [0.1, 0.15) is 31.7 Å². The summed E-state index contributed by atoms with van der Waals surface area (Å²) in [5.74, 6) is 2.49. The highest BCUT2D eigenvalue weighted by Gasteiger charge is 2.28. The first-order valence-electron chi connectivity index (χ1n) is 8.25. The van der Waals surface area contributed by atoms with Crippen molar-refractivity contribution in [2.75, 3.05) is 13.6 Å². The van der Waals surface area contributed by atoms with E-state index < -0.39 is 0 Å². The van der Waals surface area contributed by atoms with E-state index in [9.17, 15) is 0 Å². The summed E-state index contributed by atoms with van der Waals surface area (Å²) >= 11 is 0. The van der Waals surface area contributed by atoms with E-state index in [1.807, 2.05) is 6.20 Å². The molecule has 3 unspecified atom stereocenters. The standard InChI is InChI=1S/C19H26N2/c1-14-7-8-16(13-20-2)17(11-14)12-15-9-10-21-19-6-4-3-5-18(15)19/h3-6,9-10,14,16-17,20H,7-8,11-13H2,1-2H3. The van der Waals surface area contributed by atoms with Gasteiger partial charge in [0.1, 0.15) is 0 Å². The first-order valence-corrected chi connectivity index (χ1v) is 8.25. The molecule has 0 bridgehead atoms. The molecular weight excluding hydrogens is 256 g/mol. The largest absolute Gasteiger partial charge is 0.319 e. The number of fused-ring (bicyclic) bond motifs is 1. The van der Waals surface area contributed by atoms with E-state index in [1.54, 1.807) is 0 Å².